The fourth-order valence-electron chi connectivity index (χ4n) is 3.06. The number of terminal acetylenes is 1. The van der Waals surface area contributed by atoms with Gasteiger partial charge in [0, 0.05) is 28.7 Å². The molecule has 0 atom stereocenters. The van der Waals surface area contributed by atoms with Gasteiger partial charge in [0.25, 0.3) is 0 Å². The molecule has 1 aliphatic heterocycles. The van der Waals surface area contributed by atoms with E-state index in [2.05, 4.69) is 33.7 Å². The molecule has 0 radical (unpaired) electrons. The zero-order valence-electron chi connectivity index (χ0n) is 11.6. The summed E-state index contributed by atoms with van der Waals surface area (Å²) in [6.07, 6.45) is 11.6. The number of fused-ring (bicyclic) bond motifs is 1. The maximum absolute atomic E-state index is 6.16. The number of hydrogen-bond donors (Lipinski definition) is 0. The molecule has 1 saturated heterocycles. The summed E-state index contributed by atoms with van der Waals surface area (Å²) in [5, 5.41) is 2.02. The predicted octanol–water partition coefficient (Wildman–Crippen LogP) is 3.91. The van der Waals surface area contributed by atoms with Crippen LogP contribution in [-0.4, -0.2) is 22.6 Å². The normalized spacial score (nSPS) is 16.4. The summed E-state index contributed by atoms with van der Waals surface area (Å²) in [5.74, 6) is 2.72. The molecule has 0 amide bonds. The molecule has 2 heterocycles. The SMILES string of the molecule is C#CCn1cc(CN2CCCCC2)c2cc(Cl)ccc21. The van der Waals surface area contributed by atoms with Crippen LogP contribution < -0.4 is 0 Å². The number of benzene rings is 1. The van der Waals surface area contributed by atoms with Crippen molar-refractivity contribution in [1.82, 2.24) is 9.47 Å². The number of likely N-dealkylation sites (tertiary alicyclic amines) is 1. The van der Waals surface area contributed by atoms with E-state index in [4.69, 9.17) is 18.0 Å². The number of hydrogen-bond acceptors (Lipinski definition) is 1. The molecule has 0 unspecified atom stereocenters. The van der Waals surface area contributed by atoms with Crippen molar-refractivity contribution in [2.45, 2.75) is 32.4 Å². The number of rotatable bonds is 3. The third kappa shape index (κ3) is 2.70. The van der Waals surface area contributed by atoms with Crippen LogP contribution in [0, 0.1) is 12.3 Å². The van der Waals surface area contributed by atoms with Gasteiger partial charge in [-0.05, 0) is 49.7 Å². The predicted molar refractivity (Wildman–Crippen MR) is 84.9 cm³/mol. The average molecular weight is 287 g/mol. The van der Waals surface area contributed by atoms with Crippen LogP contribution in [0.2, 0.25) is 5.02 Å². The molecule has 0 aliphatic carbocycles. The van der Waals surface area contributed by atoms with E-state index in [9.17, 15) is 0 Å². The Morgan fingerprint density at radius 2 is 2.00 bits per heavy atom. The van der Waals surface area contributed by atoms with Crippen molar-refractivity contribution in [1.29, 1.82) is 0 Å². The van der Waals surface area contributed by atoms with Crippen LogP contribution in [-0.2, 0) is 13.1 Å². The lowest BCUT2D eigenvalue weighted by Crippen LogP contribution is -2.28. The van der Waals surface area contributed by atoms with E-state index in [1.165, 1.54) is 48.8 Å². The van der Waals surface area contributed by atoms with Crippen molar-refractivity contribution in [3.05, 3.63) is 35.0 Å². The molecule has 0 N–H and O–H groups in total. The maximum Gasteiger partial charge on any atom is 0.0835 e. The first-order chi connectivity index (χ1) is 9.78. The summed E-state index contributed by atoms with van der Waals surface area (Å²) in [6.45, 7) is 4.00. The zero-order chi connectivity index (χ0) is 13.9. The largest absolute Gasteiger partial charge is 0.336 e. The highest BCUT2D eigenvalue weighted by molar-refractivity contribution is 6.31. The second-order valence-electron chi connectivity index (χ2n) is 5.48. The monoisotopic (exact) mass is 286 g/mol. The Kier molecular flexibility index (Phi) is 4.00. The summed E-state index contributed by atoms with van der Waals surface area (Å²) < 4.78 is 2.14. The molecule has 3 heteroatoms. The number of piperidine rings is 1. The molecule has 104 valence electrons. The molecule has 3 rings (SSSR count). The van der Waals surface area contributed by atoms with E-state index < -0.39 is 0 Å². The first-order valence-electron chi connectivity index (χ1n) is 7.21. The van der Waals surface area contributed by atoms with Gasteiger partial charge < -0.3 is 4.57 Å². The summed E-state index contributed by atoms with van der Waals surface area (Å²) in [7, 11) is 0. The van der Waals surface area contributed by atoms with Crippen molar-refractivity contribution in [2.24, 2.45) is 0 Å². The molecular weight excluding hydrogens is 268 g/mol. The van der Waals surface area contributed by atoms with E-state index in [0.29, 0.717) is 6.54 Å². The van der Waals surface area contributed by atoms with Gasteiger partial charge >= 0.3 is 0 Å². The van der Waals surface area contributed by atoms with E-state index in [1.54, 1.807) is 0 Å². The molecule has 2 nitrogen and oxygen atoms in total. The van der Waals surface area contributed by atoms with Gasteiger partial charge in [0.15, 0.2) is 0 Å². The Hall–Kier alpha value is -1.43. The third-order valence-electron chi connectivity index (χ3n) is 4.03. The highest BCUT2D eigenvalue weighted by Gasteiger charge is 2.14. The summed E-state index contributed by atoms with van der Waals surface area (Å²) >= 11 is 6.16. The van der Waals surface area contributed by atoms with Crippen LogP contribution in [0.4, 0.5) is 0 Å². The van der Waals surface area contributed by atoms with Crippen LogP contribution in [0.25, 0.3) is 10.9 Å². The molecule has 0 spiro atoms. The van der Waals surface area contributed by atoms with Crippen molar-refractivity contribution < 1.29 is 0 Å². The van der Waals surface area contributed by atoms with E-state index >= 15 is 0 Å². The molecule has 1 aromatic carbocycles. The minimum Gasteiger partial charge on any atom is -0.336 e. The van der Waals surface area contributed by atoms with E-state index in [0.717, 1.165) is 11.6 Å². The highest BCUT2D eigenvalue weighted by atomic mass is 35.5. The van der Waals surface area contributed by atoms with Gasteiger partial charge in [0.2, 0.25) is 0 Å². The molecule has 2 aromatic rings. The Morgan fingerprint density at radius 1 is 1.20 bits per heavy atom. The summed E-state index contributed by atoms with van der Waals surface area (Å²) in [4.78, 5) is 2.53. The smallest absolute Gasteiger partial charge is 0.0835 e. The van der Waals surface area contributed by atoms with Crippen LogP contribution in [0.3, 0.4) is 0 Å². The molecular formula is C17H19ClN2. The Labute approximate surface area is 125 Å². The lowest BCUT2D eigenvalue weighted by atomic mass is 10.1. The molecule has 20 heavy (non-hydrogen) atoms. The van der Waals surface area contributed by atoms with Gasteiger partial charge in [-0.25, -0.2) is 0 Å². The van der Waals surface area contributed by atoms with Crippen molar-refractivity contribution >= 4 is 22.5 Å². The molecule has 1 aliphatic rings. The number of nitrogens with zero attached hydrogens (tertiary/aromatic N) is 2. The van der Waals surface area contributed by atoms with Gasteiger partial charge in [0.1, 0.15) is 0 Å². The lowest BCUT2D eigenvalue weighted by Gasteiger charge is -2.26. The minimum atomic E-state index is 0.609. The molecule has 0 bridgehead atoms. The van der Waals surface area contributed by atoms with Crippen molar-refractivity contribution in [3.8, 4) is 12.3 Å². The first kappa shape index (κ1) is 13.5. The highest BCUT2D eigenvalue weighted by Crippen LogP contribution is 2.26. The Balaban J connectivity index is 1.96. The summed E-state index contributed by atoms with van der Waals surface area (Å²) in [6, 6.07) is 6.06. The third-order valence-corrected chi connectivity index (χ3v) is 4.27. The fraction of sp³-hybridized carbons (Fsp3) is 0.412. The average Bonchev–Trinajstić information content (AvgIpc) is 2.78. The van der Waals surface area contributed by atoms with Gasteiger partial charge in [-0.15, -0.1) is 6.42 Å². The molecule has 1 fully saturated rings. The van der Waals surface area contributed by atoms with Crippen LogP contribution >= 0.6 is 11.6 Å². The summed E-state index contributed by atoms with van der Waals surface area (Å²) in [5.41, 5.74) is 2.51. The second-order valence-corrected chi connectivity index (χ2v) is 5.92. The van der Waals surface area contributed by atoms with E-state index in [1.807, 2.05) is 6.07 Å². The van der Waals surface area contributed by atoms with E-state index in [-0.39, 0.29) is 0 Å². The van der Waals surface area contributed by atoms with Crippen LogP contribution in [0.5, 0.6) is 0 Å². The van der Waals surface area contributed by atoms with Gasteiger partial charge in [-0.2, -0.15) is 0 Å². The van der Waals surface area contributed by atoms with Crippen molar-refractivity contribution in [2.75, 3.05) is 13.1 Å². The van der Waals surface area contributed by atoms with Gasteiger partial charge in [-0.1, -0.05) is 23.9 Å². The Bertz CT molecular complexity index is 645. The standard InChI is InChI=1S/C17H19ClN2/c1-2-8-20-13-14(12-19-9-4-3-5-10-19)16-11-15(18)6-7-17(16)20/h1,6-7,11,13H,3-5,8-10,12H2. The van der Waals surface area contributed by atoms with Crippen molar-refractivity contribution in [3.63, 3.8) is 0 Å². The molecule has 1 aromatic heterocycles. The second kappa shape index (κ2) is 5.91. The number of halogens is 1. The Morgan fingerprint density at radius 3 is 2.75 bits per heavy atom. The van der Waals surface area contributed by atoms with Gasteiger partial charge in [-0.3, -0.25) is 4.90 Å². The quantitative estimate of drug-likeness (QED) is 0.777. The maximum atomic E-state index is 6.16. The number of aromatic nitrogens is 1. The molecule has 0 saturated carbocycles. The lowest BCUT2D eigenvalue weighted by molar-refractivity contribution is 0.221. The first-order valence-corrected chi connectivity index (χ1v) is 7.59. The van der Waals surface area contributed by atoms with Gasteiger partial charge in [0.05, 0.1) is 6.54 Å². The fourth-order valence-corrected chi connectivity index (χ4v) is 3.23. The zero-order valence-corrected chi connectivity index (χ0v) is 12.4. The van der Waals surface area contributed by atoms with Crippen LogP contribution in [0.1, 0.15) is 24.8 Å². The topological polar surface area (TPSA) is 8.17 Å². The minimum absolute atomic E-state index is 0.609. The van der Waals surface area contributed by atoms with Crippen LogP contribution in [0.15, 0.2) is 24.4 Å².